The average Bonchev–Trinajstić information content (AvgIpc) is 3.74. The Morgan fingerprint density at radius 3 is 0.662 bits per heavy atom. The van der Waals surface area contributed by atoms with E-state index < -0.39 is 0 Å². The summed E-state index contributed by atoms with van der Waals surface area (Å²) < 4.78 is 6.59. The molecule has 1 aromatic heterocycles. The zero-order valence-electron chi connectivity index (χ0n) is 35.6. The van der Waals surface area contributed by atoms with Gasteiger partial charge in [0, 0.05) is 79.0 Å². The molecule has 0 saturated heterocycles. The Morgan fingerprint density at radius 1 is 0.185 bits per heavy atom. The van der Waals surface area contributed by atoms with Crippen LogP contribution >= 0.6 is 0 Å². The van der Waals surface area contributed by atoms with E-state index >= 15 is 0 Å². The largest absolute Gasteiger partial charge is 0.456 e. The van der Waals surface area contributed by atoms with Gasteiger partial charge in [0.15, 0.2) is 0 Å². The number of furan rings is 1. The molecule has 0 unspecified atom stereocenters. The number of hydrogen-bond acceptors (Lipinski definition) is 5. The van der Waals surface area contributed by atoms with Crippen LogP contribution in [-0.4, -0.2) is 0 Å². The maximum Gasteiger partial charge on any atom is 0.135 e. The molecule has 0 aliphatic carbocycles. The molecule has 0 fully saturated rings. The average molecular weight is 837 g/mol. The van der Waals surface area contributed by atoms with Crippen molar-refractivity contribution >= 4 is 90.2 Å². The topological polar surface area (TPSA) is 26.1 Å². The molecular formula is C60H44N4O. The monoisotopic (exact) mass is 836 g/mol. The summed E-state index contributed by atoms with van der Waals surface area (Å²) in [6.07, 6.45) is 0. The van der Waals surface area contributed by atoms with Crippen LogP contribution in [0.3, 0.4) is 0 Å². The highest BCUT2D eigenvalue weighted by atomic mass is 16.3. The van der Waals surface area contributed by atoms with Gasteiger partial charge in [0.2, 0.25) is 0 Å². The van der Waals surface area contributed by atoms with Crippen LogP contribution < -0.4 is 19.6 Å². The van der Waals surface area contributed by atoms with Crippen LogP contribution in [0.15, 0.2) is 271 Å². The summed E-state index contributed by atoms with van der Waals surface area (Å²) in [6, 6.07) is 93.9. The second-order valence-corrected chi connectivity index (χ2v) is 15.9. The van der Waals surface area contributed by atoms with Crippen LogP contribution in [-0.2, 0) is 0 Å². The summed E-state index contributed by atoms with van der Waals surface area (Å²) in [5.41, 5.74) is 14.4. The Labute approximate surface area is 379 Å². The first-order valence-electron chi connectivity index (χ1n) is 21.9. The lowest BCUT2D eigenvalue weighted by atomic mass is 10.1. The van der Waals surface area contributed by atoms with E-state index in [1.165, 1.54) is 0 Å². The molecule has 0 aliphatic rings. The van der Waals surface area contributed by atoms with Gasteiger partial charge in [-0.25, -0.2) is 0 Å². The molecule has 0 amide bonds. The molecule has 11 rings (SSSR count). The molecule has 10 aromatic carbocycles. The highest BCUT2D eigenvalue weighted by Crippen LogP contribution is 2.45. The minimum atomic E-state index is 0.830. The predicted molar refractivity (Wildman–Crippen MR) is 272 cm³/mol. The zero-order valence-corrected chi connectivity index (χ0v) is 35.6. The first-order chi connectivity index (χ1) is 32.2. The number of nitrogens with zero attached hydrogens (tertiary/aromatic N) is 4. The molecule has 0 bridgehead atoms. The lowest BCUT2D eigenvalue weighted by Crippen LogP contribution is -2.13. The molecule has 0 radical (unpaired) electrons. The first kappa shape index (κ1) is 39.1. The number of hydrogen-bond donors (Lipinski definition) is 0. The molecule has 11 aromatic rings. The van der Waals surface area contributed by atoms with Crippen molar-refractivity contribution in [3.05, 3.63) is 267 Å². The molecule has 5 heteroatoms. The van der Waals surface area contributed by atoms with Gasteiger partial charge in [0.25, 0.3) is 0 Å². The third-order valence-corrected chi connectivity index (χ3v) is 11.7. The van der Waals surface area contributed by atoms with Crippen molar-refractivity contribution in [2.45, 2.75) is 0 Å². The Bertz CT molecular complexity index is 3020. The molecule has 0 N–H and O–H groups in total. The highest BCUT2D eigenvalue weighted by Gasteiger charge is 2.21. The number of fused-ring (bicyclic) bond motifs is 3. The summed E-state index contributed by atoms with van der Waals surface area (Å²) in [4.78, 5) is 9.26. The number of para-hydroxylation sites is 6. The number of benzene rings is 10. The second-order valence-electron chi connectivity index (χ2n) is 15.9. The van der Waals surface area contributed by atoms with E-state index in [1.807, 2.05) is 0 Å². The van der Waals surface area contributed by atoms with Gasteiger partial charge in [0.05, 0.1) is 0 Å². The fourth-order valence-corrected chi connectivity index (χ4v) is 8.83. The summed E-state index contributed by atoms with van der Waals surface area (Å²) >= 11 is 0. The molecule has 65 heavy (non-hydrogen) atoms. The van der Waals surface area contributed by atoms with E-state index in [0.717, 1.165) is 90.2 Å². The zero-order chi connectivity index (χ0) is 43.4. The molecule has 5 nitrogen and oxygen atoms in total. The second kappa shape index (κ2) is 17.5. The van der Waals surface area contributed by atoms with Gasteiger partial charge >= 0.3 is 0 Å². The lowest BCUT2D eigenvalue weighted by Gasteiger charge is -2.29. The lowest BCUT2D eigenvalue weighted by molar-refractivity contribution is 0.669. The maximum absolute atomic E-state index is 6.59. The van der Waals surface area contributed by atoms with E-state index in [2.05, 4.69) is 287 Å². The van der Waals surface area contributed by atoms with Gasteiger partial charge < -0.3 is 24.0 Å². The van der Waals surface area contributed by atoms with Crippen molar-refractivity contribution in [3.63, 3.8) is 0 Å². The molecule has 0 aliphatic heterocycles. The predicted octanol–water partition coefficient (Wildman–Crippen LogP) is 17.5. The van der Waals surface area contributed by atoms with Crippen molar-refractivity contribution in [1.82, 2.24) is 0 Å². The smallest absolute Gasteiger partial charge is 0.135 e. The van der Waals surface area contributed by atoms with Crippen LogP contribution in [0.4, 0.5) is 68.2 Å². The van der Waals surface area contributed by atoms with E-state index in [0.29, 0.717) is 0 Å². The number of rotatable bonds is 12. The van der Waals surface area contributed by atoms with Crippen molar-refractivity contribution in [3.8, 4) is 0 Å². The van der Waals surface area contributed by atoms with Crippen LogP contribution in [0.1, 0.15) is 0 Å². The van der Waals surface area contributed by atoms with Gasteiger partial charge in [-0.3, -0.25) is 0 Å². The van der Waals surface area contributed by atoms with Crippen molar-refractivity contribution in [1.29, 1.82) is 0 Å². The van der Waals surface area contributed by atoms with E-state index in [1.54, 1.807) is 0 Å². The summed E-state index contributed by atoms with van der Waals surface area (Å²) in [5.74, 6) is 0. The molecule has 310 valence electrons. The standard InChI is InChI=1S/C60H44N4O/c1-7-21-45(22-8-1)61(46-23-9-2-10-24-46)51-33-19-35-53(41-51)63(49-29-15-5-16-30-49)55-37-39-59-57(43-55)58-44-56(38-40-60(58)65-59)64(50-31-17-6-18-32-50)54-36-20-34-52(42-54)62(47-25-11-3-12-26-47)48-27-13-4-14-28-48/h1-44H. The van der Waals surface area contributed by atoms with E-state index in [4.69, 9.17) is 4.42 Å². The summed E-state index contributed by atoms with van der Waals surface area (Å²) in [7, 11) is 0. The van der Waals surface area contributed by atoms with Crippen molar-refractivity contribution in [2.24, 2.45) is 0 Å². The van der Waals surface area contributed by atoms with Crippen LogP contribution in [0, 0.1) is 0 Å². The molecule has 1 heterocycles. The minimum absolute atomic E-state index is 0.830. The Morgan fingerprint density at radius 2 is 0.400 bits per heavy atom. The Kier molecular flexibility index (Phi) is 10.5. The fraction of sp³-hybridized carbons (Fsp3) is 0. The molecule has 0 saturated carbocycles. The molecular weight excluding hydrogens is 793 g/mol. The number of anilines is 12. The third kappa shape index (κ3) is 7.84. The SMILES string of the molecule is c1ccc(N(c2ccccc2)c2cccc(N(c3ccccc3)c3ccc4oc5ccc(N(c6ccccc6)c6cccc(N(c7ccccc7)c7ccccc7)c6)cc5c4c3)c2)cc1. The van der Waals surface area contributed by atoms with Gasteiger partial charge in [-0.2, -0.15) is 0 Å². The quantitative estimate of drug-likeness (QED) is 0.122. The summed E-state index contributed by atoms with van der Waals surface area (Å²) in [5, 5.41) is 2.07. The van der Waals surface area contributed by atoms with E-state index in [9.17, 15) is 0 Å². The third-order valence-electron chi connectivity index (χ3n) is 11.7. The Balaban J connectivity index is 1.03. The normalized spacial score (nSPS) is 11.1. The van der Waals surface area contributed by atoms with Gasteiger partial charge in [-0.05, 0) is 146 Å². The van der Waals surface area contributed by atoms with E-state index in [-0.39, 0.29) is 0 Å². The van der Waals surface area contributed by atoms with Crippen molar-refractivity contribution in [2.75, 3.05) is 19.6 Å². The van der Waals surface area contributed by atoms with Crippen LogP contribution in [0.25, 0.3) is 21.9 Å². The summed E-state index contributed by atoms with van der Waals surface area (Å²) in [6.45, 7) is 0. The Hall–Kier alpha value is -8.80. The first-order valence-corrected chi connectivity index (χ1v) is 21.9. The highest BCUT2D eigenvalue weighted by molar-refractivity contribution is 6.08. The fourth-order valence-electron chi connectivity index (χ4n) is 8.83. The van der Waals surface area contributed by atoms with Gasteiger partial charge in [-0.1, -0.05) is 121 Å². The van der Waals surface area contributed by atoms with Gasteiger partial charge in [-0.15, -0.1) is 0 Å². The van der Waals surface area contributed by atoms with Crippen LogP contribution in [0.2, 0.25) is 0 Å². The minimum Gasteiger partial charge on any atom is -0.456 e. The maximum atomic E-state index is 6.59. The van der Waals surface area contributed by atoms with Crippen LogP contribution in [0.5, 0.6) is 0 Å². The van der Waals surface area contributed by atoms with Gasteiger partial charge in [0.1, 0.15) is 11.2 Å². The molecule has 0 atom stereocenters. The van der Waals surface area contributed by atoms with Crippen molar-refractivity contribution < 1.29 is 4.42 Å². The molecule has 0 spiro atoms.